The smallest absolute Gasteiger partial charge is 0.226 e. The van der Waals surface area contributed by atoms with E-state index in [1.165, 1.54) is 12.1 Å². The predicted molar refractivity (Wildman–Crippen MR) is 73.8 cm³/mol. The number of hydrogen-bond donors (Lipinski definition) is 1. The van der Waals surface area contributed by atoms with Gasteiger partial charge in [0.2, 0.25) is 5.95 Å². The molecule has 0 unspecified atom stereocenters. The summed E-state index contributed by atoms with van der Waals surface area (Å²) in [7, 11) is 0. The second-order valence-electron chi connectivity index (χ2n) is 5.23. The molecule has 1 N–H and O–H groups in total. The van der Waals surface area contributed by atoms with Crippen LogP contribution in [0.25, 0.3) is 0 Å². The van der Waals surface area contributed by atoms with Gasteiger partial charge in [-0.1, -0.05) is 6.07 Å². The summed E-state index contributed by atoms with van der Waals surface area (Å²) in [4.78, 5) is 10.4. The number of nitrogens with zero attached hydrogens (tertiary/aromatic N) is 3. The molecule has 1 aromatic heterocycles. The van der Waals surface area contributed by atoms with Crippen molar-refractivity contribution in [2.75, 3.05) is 11.4 Å². The van der Waals surface area contributed by atoms with Crippen LogP contribution in [0.1, 0.15) is 23.7 Å². The highest BCUT2D eigenvalue weighted by molar-refractivity contribution is 5.39. The summed E-state index contributed by atoms with van der Waals surface area (Å²) in [6, 6.07) is 5.31. The first-order valence-electron chi connectivity index (χ1n) is 6.74. The number of aromatic nitrogens is 2. The molecular weight excluding hydrogens is 276 g/mol. The fourth-order valence-corrected chi connectivity index (χ4v) is 2.64. The lowest BCUT2D eigenvalue weighted by atomic mass is 10.0. The predicted octanol–water partition coefficient (Wildman–Crippen LogP) is 2.38. The van der Waals surface area contributed by atoms with Crippen molar-refractivity contribution in [3.63, 3.8) is 0 Å². The van der Waals surface area contributed by atoms with Crippen LogP contribution in [-0.2, 0) is 0 Å². The molecule has 6 heteroatoms. The molecule has 4 nitrogen and oxygen atoms in total. The number of hydrogen-bond acceptors (Lipinski definition) is 4. The molecule has 1 aliphatic heterocycles. The molecule has 0 spiro atoms. The average molecular weight is 291 g/mol. The Kier molecular flexibility index (Phi) is 3.55. The molecule has 110 valence electrons. The zero-order valence-corrected chi connectivity index (χ0v) is 11.5. The molecule has 2 aromatic rings. The Morgan fingerprint density at radius 1 is 1.24 bits per heavy atom. The van der Waals surface area contributed by atoms with Gasteiger partial charge in [0.15, 0.2) is 11.6 Å². The van der Waals surface area contributed by atoms with Gasteiger partial charge in [-0.25, -0.2) is 18.7 Å². The highest BCUT2D eigenvalue weighted by Gasteiger charge is 2.34. The summed E-state index contributed by atoms with van der Waals surface area (Å²) in [6.07, 6.45) is 1.53. The number of β-amino-alcohol motifs (C(OH)–C–C–N with tert-alkyl or cyclic N) is 1. The lowest BCUT2D eigenvalue weighted by Crippen LogP contribution is -2.26. The van der Waals surface area contributed by atoms with Crippen LogP contribution in [0.4, 0.5) is 14.7 Å². The van der Waals surface area contributed by atoms with E-state index < -0.39 is 17.7 Å². The number of anilines is 1. The quantitative estimate of drug-likeness (QED) is 0.923. The van der Waals surface area contributed by atoms with E-state index in [0.29, 0.717) is 24.5 Å². The molecule has 2 heterocycles. The normalized spacial score (nSPS) is 21.8. The van der Waals surface area contributed by atoms with Crippen molar-refractivity contribution < 1.29 is 13.9 Å². The molecule has 21 heavy (non-hydrogen) atoms. The highest BCUT2D eigenvalue weighted by Crippen LogP contribution is 2.35. The summed E-state index contributed by atoms with van der Waals surface area (Å²) in [6.45, 7) is 2.22. The molecule has 0 radical (unpaired) electrons. The topological polar surface area (TPSA) is 49.2 Å². The maximum absolute atomic E-state index is 13.4. The van der Waals surface area contributed by atoms with Crippen molar-refractivity contribution in [2.45, 2.75) is 25.5 Å². The maximum atomic E-state index is 13.4. The van der Waals surface area contributed by atoms with E-state index in [-0.39, 0.29) is 6.04 Å². The fourth-order valence-electron chi connectivity index (χ4n) is 2.64. The van der Waals surface area contributed by atoms with Gasteiger partial charge in [-0.2, -0.15) is 0 Å². The lowest BCUT2D eigenvalue weighted by molar-refractivity contribution is 0.194. The first-order valence-corrected chi connectivity index (χ1v) is 6.74. The molecule has 1 fully saturated rings. The molecule has 1 aromatic carbocycles. The standard InChI is InChI=1S/C15H15F2N3O/c1-9-4-5-18-15(19-9)20-8-11(21)7-14(20)10-2-3-12(16)13(17)6-10/h2-6,11,14,21H,7-8H2,1H3/t11-,14+/m0/s1. The van der Waals surface area contributed by atoms with Gasteiger partial charge < -0.3 is 10.0 Å². The number of benzene rings is 1. The third-order valence-corrected chi connectivity index (χ3v) is 3.65. The highest BCUT2D eigenvalue weighted by atomic mass is 19.2. The Morgan fingerprint density at radius 2 is 2.05 bits per heavy atom. The second kappa shape index (κ2) is 5.37. The number of halogens is 2. The van der Waals surface area contributed by atoms with Crippen LogP contribution in [0.2, 0.25) is 0 Å². The lowest BCUT2D eigenvalue weighted by Gasteiger charge is -2.24. The van der Waals surface area contributed by atoms with E-state index in [9.17, 15) is 13.9 Å². The van der Waals surface area contributed by atoms with Gasteiger partial charge >= 0.3 is 0 Å². The fraction of sp³-hybridized carbons (Fsp3) is 0.333. The monoisotopic (exact) mass is 291 g/mol. The largest absolute Gasteiger partial charge is 0.391 e. The minimum atomic E-state index is -0.890. The van der Waals surface area contributed by atoms with Crippen LogP contribution in [0.5, 0.6) is 0 Å². The maximum Gasteiger partial charge on any atom is 0.226 e. The molecule has 3 rings (SSSR count). The third kappa shape index (κ3) is 2.71. The van der Waals surface area contributed by atoms with Crippen molar-refractivity contribution in [1.29, 1.82) is 0 Å². The van der Waals surface area contributed by atoms with Gasteiger partial charge in [-0.3, -0.25) is 0 Å². The van der Waals surface area contributed by atoms with Crippen LogP contribution in [0.15, 0.2) is 30.5 Å². The zero-order chi connectivity index (χ0) is 15.0. The SMILES string of the molecule is Cc1ccnc(N2C[C@@H](O)C[C@@H]2c2ccc(F)c(F)c2)n1. The van der Waals surface area contributed by atoms with Gasteiger partial charge in [-0.05, 0) is 37.1 Å². The first-order chi connectivity index (χ1) is 10.0. The van der Waals surface area contributed by atoms with Crippen LogP contribution < -0.4 is 4.90 Å². The molecule has 0 bridgehead atoms. The molecule has 0 saturated carbocycles. The van der Waals surface area contributed by atoms with Crippen LogP contribution in [-0.4, -0.2) is 27.7 Å². The van der Waals surface area contributed by atoms with Gasteiger partial charge in [0.05, 0.1) is 12.1 Å². The van der Waals surface area contributed by atoms with Crippen molar-refractivity contribution in [3.05, 3.63) is 53.4 Å². The Hall–Kier alpha value is -2.08. The molecule has 1 saturated heterocycles. The van der Waals surface area contributed by atoms with E-state index in [4.69, 9.17) is 0 Å². The number of aliphatic hydroxyl groups excluding tert-OH is 1. The van der Waals surface area contributed by atoms with Crippen molar-refractivity contribution >= 4 is 5.95 Å². The molecular formula is C15H15F2N3O. The summed E-state index contributed by atoms with van der Waals surface area (Å²) >= 11 is 0. The van der Waals surface area contributed by atoms with E-state index in [0.717, 1.165) is 11.8 Å². The third-order valence-electron chi connectivity index (χ3n) is 3.65. The van der Waals surface area contributed by atoms with E-state index in [1.807, 2.05) is 11.8 Å². The van der Waals surface area contributed by atoms with Crippen molar-refractivity contribution in [2.24, 2.45) is 0 Å². The number of aryl methyl sites for hydroxylation is 1. The molecule has 0 aliphatic carbocycles. The van der Waals surface area contributed by atoms with Gasteiger partial charge in [0.1, 0.15) is 0 Å². The minimum Gasteiger partial charge on any atom is -0.391 e. The van der Waals surface area contributed by atoms with E-state index in [2.05, 4.69) is 9.97 Å². The molecule has 2 atom stereocenters. The molecule has 1 aliphatic rings. The van der Waals surface area contributed by atoms with Gasteiger partial charge in [0.25, 0.3) is 0 Å². The second-order valence-corrected chi connectivity index (χ2v) is 5.23. The van der Waals surface area contributed by atoms with E-state index >= 15 is 0 Å². The number of rotatable bonds is 2. The molecule has 0 amide bonds. The zero-order valence-electron chi connectivity index (χ0n) is 11.5. The number of aliphatic hydroxyl groups is 1. The van der Waals surface area contributed by atoms with Crippen LogP contribution in [0, 0.1) is 18.6 Å². The Morgan fingerprint density at radius 3 is 2.76 bits per heavy atom. The summed E-state index contributed by atoms with van der Waals surface area (Å²) in [5.41, 5.74) is 1.42. The minimum absolute atomic E-state index is 0.267. The summed E-state index contributed by atoms with van der Waals surface area (Å²) in [5.74, 6) is -1.28. The van der Waals surface area contributed by atoms with Crippen molar-refractivity contribution in [3.8, 4) is 0 Å². The van der Waals surface area contributed by atoms with Gasteiger partial charge in [-0.15, -0.1) is 0 Å². The Balaban J connectivity index is 1.97. The van der Waals surface area contributed by atoms with Crippen LogP contribution >= 0.6 is 0 Å². The average Bonchev–Trinajstić information content (AvgIpc) is 2.84. The Bertz CT molecular complexity index is 665. The Labute approximate surface area is 121 Å². The summed E-state index contributed by atoms with van der Waals surface area (Å²) in [5, 5.41) is 9.92. The van der Waals surface area contributed by atoms with Crippen molar-refractivity contribution in [1.82, 2.24) is 9.97 Å². The van der Waals surface area contributed by atoms with Crippen LogP contribution in [0.3, 0.4) is 0 Å². The van der Waals surface area contributed by atoms with Gasteiger partial charge in [0, 0.05) is 18.4 Å². The first kappa shape index (κ1) is 13.9. The van der Waals surface area contributed by atoms with E-state index in [1.54, 1.807) is 12.3 Å². The summed E-state index contributed by atoms with van der Waals surface area (Å²) < 4.78 is 26.5.